The summed E-state index contributed by atoms with van der Waals surface area (Å²) in [7, 11) is -3.46. The van der Waals surface area contributed by atoms with Gasteiger partial charge in [-0.25, -0.2) is 18.1 Å². The fourth-order valence-electron chi connectivity index (χ4n) is 3.19. The molecule has 0 aliphatic rings. The summed E-state index contributed by atoms with van der Waals surface area (Å²) in [6.07, 6.45) is 2.12. The Kier molecular flexibility index (Phi) is 8.06. The minimum Gasteiger partial charge on any atom is -0.441 e. The summed E-state index contributed by atoms with van der Waals surface area (Å²) in [4.78, 5) is 16.6. The van der Waals surface area contributed by atoms with Crippen molar-refractivity contribution in [2.75, 3.05) is 0 Å². The molecular weight excluding hydrogens is 450 g/mol. The van der Waals surface area contributed by atoms with E-state index in [0.29, 0.717) is 28.7 Å². The molecule has 0 aliphatic heterocycles. The minimum atomic E-state index is -3.46. The topological polar surface area (TPSA) is 101 Å². The third-order valence-electron chi connectivity index (χ3n) is 4.61. The van der Waals surface area contributed by atoms with E-state index in [1.165, 1.54) is 0 Å². The molecular formula is C23H26ClN3O4S. The second kappa shape index (κ2) is 10.8. The highest BCUT2D eigenvalue weighted by molar-refractivity contribution is 7.88. The van der Waals surface area contributed by atoms with Crippen LogP contribution in [0.1, 0.15) is 37.3 Å². The summed E-state index contributed by atoms with van der Waals surface area (Å²) < 4.78 is 32.8. The largest absolute Gasteiger partial charge is 0.441 e. The Labute approximate surface area is 193 Å². The number of hydrogen-bond acceptors (Lipinski definition) is 5. The van der Waals surface area contributed by atoms with E-state index < -0.39 is 10.0 Å². The number of oxazole rings is 1. The zero-order valence-electron chi connectivity index (χ0n) is 18.0. The molecule has 3 aromatic rings. The van der Waals surface area contributed by atoms with Crippen LogP contribution in [0.3, 0.4) is 0 Å². The number of carbonyl (C=O) groups excluding carboxylic acids is 1. The quantitative estimate of drug-likeness (QED) is 0.460. The number of aryl methyl sites for hydroxylation is 1. The average Bonchev–Trinajstić information content (AvgIpc) is 3.19. The van der Waals surface area contributed by atoms with Crippen molar-refractivity contribution in [3.05, 3.63) is 76.8 Å². The van der Waals surface area contributed by atoms with Crippen LogP contribution in [0.5, 0.6) is 0 Å². The van der Waals surface area contributed by atoms with Crippen LogP contribution in [0.25, 0.3) is 11.3 Å². The Hall–Kier alpha value is -2.68. The van der Waals surface area contributed by atoms with Gasteiger partial charge in [0.2, 0.25) is 15.9 Å². The van der Waals surface area contributed by atoms with Crippen LogP contribution >= 0.6 is 11.6 Å². The molecule has 0 saturated carbocycles. The molecule has 1 heterocycles. The maximum atomic E-state index is 12.3. The van der Waals surface area contributed by atoms with Crippen LogP contribution in [0.4, 0.5) is 0 Å². The summed E-state index contributed by atoms with van der Waals surface area (Å²) >= 11 is 6.18. The zero-order chi connectivity index (χ0) is 23.1. The first-order valence-corrected chi connectivity index (χ1v) is 12.3. The number of halogens is 1. The van der Waals surface area contributed by atoms with Crippen molar-refractivity contribution >= 4 is 27.5 Å². The Balaban J connectivity index is 1.55. The van der Waals surface area contributed by atoms with Gasteiger partial charge in [0.25, 0.3) is 0 Å². The molecule has 0 spiro atoms. The van der Waals surface area contributed by atoms with Crippen LogP contribution in [0.2, 0.25) is 5.02 Å². The van der Waals surface area contributed by atoms with E-state index in [2.05, 4.69) is 15.0 Å². The van der Waals surface area contributed by atoms with E-state index >= 15 is 0 Å². The van der Waals surface area contributed by atoms with Gasteiger partial charge in [0.05, 0.1) is 17.0 Å². The lowest BCUT2D eigenvalue weighted by Crippen LogP contribution is -2.32. The molecule has 0 fully saturated rings. The summed E-state index contributed by atoms with van der Waals surface area (Å²) in [5.41, 5.74) is 2.15. The van der Waals surface area contributed by atoms with Crippen LogP contribution in [-0.4, -0.2) is 25.4 Å². The van der Waals surface area contributed by atoms with Gasteiger partial charge in [-0.05, 0) is 37.1 Å². The molecule has 32 heavy (non-hydrogen) atoms. The number of carbonyl (C=O) groups is 1. The van der Waals surface area contributed by atoms with Crippen molar-refractivity contribution < 1.29 is 17.6 Å². The third-order valence-corrected chi connectivity index (χ3v) is 6.47. The predicted molar refractivity (Wildman–Crippen MR) is 124 cm³/mol. The first-order chi connectivity index (χ1) is 15.2. The van der Waals surface area contributed by atoms with Crippen molar-refractivity contribution in [1.29, 1.82) is 0 Å². The molecule has 3 rings (SSSR count). The Bertz CT molecular complexity index is 1180. The smallest absolute Gasteiger partial charge is 0.220 e. The van der Waals surface area contributed by atoms with Crippen molar-refractivity contribution in [2.24, 2.45) is 0 Å². The Morgan fingerprint density at radius 1 is 1.09 bits per heavy atom. The molecule has 1 amide bonds. The normalized spacial score (nSPS) is 11.6. The van der Waals surface area contributed by atoms with E-state index in [1.54, 1.807) is 38.2 Å². The fraction of sp³-hybridized carbons (Fsp3) is 0.304. The number of nitrogens with one attached hydrogen (secondary N) is 2. The van der Waals surface area contributed by atoms with Gasteiger partial charge in [-0.3, -0.25) is 4.79 Å². The molecule has 0 aliphatic carbocycles. The molecule has 170 valence electrons. The van der Waals surface area contributed by atoms with E-state index in [-0.39, 0.29) is 30.7 Å². The molecule has 7 nitrogen and oxygen atoms in total. The Morgan fingerprint density at radius 2 is 1.78 bits per heavy atom. The SMILES string of the molecule is CC(C)NS(=O)(=O)Cc1ccccc1CNC(=O)CCc1ncc(-c2ccccc2Cl)o1. The predicted octanol–water partition coefficient (Wildman–Crippen LogP) is 4.07. The fourth-order valence-corrected chi connectivity index (χ4v) is 4.91. The second-order valence-electron chi connectivity index (χ2n) is 7.68. The van der Waals surface area contributed by atoms with E-state index in [0.717, 1.165) is 11.1 Å². The molecule has 0 bridgehead atoms. The lowest BCUT2D eigenvalue weighted by Gasteiger charge is -2.13. The molecule has 2 aromatic carbocycles. The van der Waals surface area contributed by atoms with E-state index in [9.17, 15) is 13.2 Å². The van der Waals surface area contributed by atoms with Crippen molar-refractivity contribution in [3.63, 3.8) is 0 Å². The number of amides is 1. The molecule has 0 atom stereocenters. The van der Waals surface area contributed by atoms with Gasteiger partial charge >= 0.3 is 0 Å². The summed E-state index contributed by atoms with van der Waals surface area (Å²) in [5, 5.41) is 3.41. The van der Waals surface area contributed by atoms with Gasteiger partial charge in [-0.1, -0.05) is 48.0 Å². The van der Waals surface area contributed by atoms with Gasteiger partial charge in [0.1, 0.15) is 0 Å². The maximum Gasteiger partial charge on any atom is 0.220 e. The van der Waals surface area contributed by atoms with Gasteiger partial charge < -0.3 is 9.73 Å². The molecule has 0 unspecified atom stereocenters. The van der Waals surface area contributed by atoms with Crippen molar-refractivity contribution in [2.45, 2.75) is 45.0 Å². The summed E-state index contributed by atoms with van der Waals surface area (Å²) in [6.45, 7) is 3.78. The van der Waals surface area contributed by atoms with Crippen LogP contribution in [-0.2, 0) is 33.5 Å². The summed E-state index contributed by atoms with van der Waals surface area (Å²) in [5.74, 6) is 0.677. The highest BCUT2D eigenvalue weighted by Crippen LogP contribution is 2.28. The standard InChI is InChI=1S/C23H26ClN3O4S/c1-16(2)27-32(29,30)15-18-8-4-3-7-17(18)13-25-22(28)11-12-23-26-14-21(31-23)19-9-5-6-10-20(19)24/h3-10,14,16,27H,11-13,15H2,1-2H3,(H,25,28). The number of rotatable bonds is 10. The van der Waals surface area contributed by atoms with Crippen molar-refractivity contribution in [3.8, 4) is 11.3 Å². The van der Waals surface area contributed by atoms with Gasteiger partial charge in [0, 0.05) is 31.0 Å². The molecule has 1 aromatic heterocycles. The molecule has 0 radical (unpaired) electrons. The lowest BCUT2D eigenvalue weighted by molar-refractivity contribution is -0.121. The van der Waals surface area contributed by atoms with Gasteiger partial charge in [-0.2, -0.15) is 0 Å². The maximum absolute atomic E-state index is 12.3. The highest BCUT2D eigenvalue weighted by Gasteiger charge is 2.16. The minimum absolute atomic E-state index is 0.141. The van der Waals surface area contributed by atoms with E-state index in [4.69, 9.17) is 16.0 Å². The molecule has 2 N–H and O–H groups in total. The lowest BCUT2D eigenvalue weighted by atomic mass is 10.1. The van der Waals surface area contributed by atoms with Crippen molar-refractivity contribution in [1.82, 2.24) is 15.0 Å². The number of aromatic nitrogens is 1. The molecule has 9 heteroatoms. The third kappa shape index (κ3) is 6.91. The highest BCUT2D eigenvalue weighted by atomic mass is 35.5. The van der Waals surface area contributed by atoms with Crippen LogP contribution in [0, 0.1) is 0 Å². The van der Waals surface area contributed by atoms with E-state index in [1.807, 2.05) is 30.3 Å². The first kappa shape index (κ1) is 24.0. The van der Waals surface area contributed by atoms with Gasteiger partial charge in [0.15, 0.2) is 11.7 Å². The number of nitrogens with zero attached hydrogens (tertiary/aromatic N) is 1. The van der Waals surface area contributed by atoms with Gasteiger partial charge in [-0.15, -0.1) is 0 Å². The Morgan fingerprint density at radius 3 is 2.50 bits per heavy atom. The average molecular weight is 476 g/mol. The van der Waals surface area contributed by atoms with Crippen LogP contribution < -0.4 is 10.0 Å². The second-order valence-corrected chi connectivity index (χ2v) is 9.84. The molecule has 0 saturated heterocycles. The monoisotopic (exact) mass is 475 g/mol. The number of sulfonamides is 1. The zero-order valence-corrected chi connectivity index (χ0v) is 19.5. The summed E-state index contributed by atoms with van der Waals surface area (Å²) in [6, 6.07) is 14.3. The number of benzene rings is 2. The van der Waals surface area contributed by atoms with Crippen LogP contribution in [0.15, 0.2) is 59.1 Å². The number of hydrogen-bond donors (Lipinski definition) is 2. The first-order valence-electron chi connectivity index (χ1n) is 10.3.